The lowest BCUT2D eigenvalue weighted by molar-refractivity contribution is -0.115. The zero-order valence-electron chi connectivity index (χ0n) is 11.7. The third-order valence-corrected chi connectivity index (χ3v) is 4.74. The number of hydrogen-bond donors (Lipinski definition) is 1. The monoisotopic (exact) mass is 307 g/mol. The maximum Gasteiger partial charge on any atom is 0.237 e. The number of nitrogens with one attached hydrogen (secondary N) is 1. The number of thioether (sulfide) groups is 1. The predicted octanol–water partition coefficient (Wildman–Crippen LogP) is 3.78. The molecule has 1 aromatic heterocycles. The Morgan fingerprint density at radius 3 is 2.70 bits per heavy atom. The van der Waals surface area contributed by atoms with Gasteiger partial charge in [0.25, 0.3) is 0 Å². The molecular formula is C14H17N3OS2. The van der Waals surface area contributed by atoms with Crippen molar-refractivity contribution in [1.82, 2.24) is 10.2 Å². The summed E-state index contributed by atoms with van der Waals surface area (Å²) in [6, 6.07) is 7.91. The van der Waals surface area contributed by atoms with Crippen molar-refractivity contribution < 1.29 is 4.79 Å². The van der Waals surface area contributed by atoms with Gasteiger partial charge in [-0.25, -0.2) is 0 Å². The van der Waals surface area contributed by atoms with Crippen LogP contribution in [0.15, 0.2) is 34.1 Å². The fourth-order valence-corrected chi connectivity index (χ4v) is 3.39. The Bertz CT molecular complexity index is 570. The molecule has 0 aliphatic rings. The Morgan fingerprint density at radius 1 is 1.30 bits per heavy atom. The van der Waals surface area contributed by atoms with Crippen molar-refractivity contribution in [3.63, 3.8) is 0 Å². The topological polar surface area (TPSA) is 54.9 Å². The fourth-order valence-electron chi connectivity index (χ4n) is 1.77. The third-order valence-electron chi connectivity index (χ3n) is 2.83. The molecule has 0 radical (unpaired) electrons. The van der Waals surface area contributed by atoms with Crippen molar-refractivity contribution in [2.24, 2.45) is 0 Å². The number of nitrogens with zero attached hydrogens (tertiary/aromatic N) is 2. The van der Waals surface area contributed by atoms with Crippen LogP contribution < -0.4 is 5.32 Å². The van der Waals surface area contributed by atoms with Gasteiger partial charge >= 0.3 is 0 Å². The molecule has 0 spiro atoms. The van der Waals surface area contributed by atoms with Crippen LogP contribution >= 0.6 is 23.1 Å². The summed E-state index contributed by atoms with van der Waals surface area (Å²) in [5, 5.41) is 10.5. The van der Waals surface area contributed by atoms with Crippen LogP contribution in [-0.4, -0.2) is 21.4 Å². The summed E-state index contributed by atoms with van der Waals surface area (Å²) < 4.78 is 0.810. The van der Waals surface area contributed by atoms with E-state index in [1.807, 2.05) is 31.2 Å². The molecule has 0 bridgehead atoms. The Kier molecular flexibility index (Phi) is 5.14. The van der Waals surface area contributed by atoms with Crippen LogP contribution in [0.2, 0.25) is 0 Å². The van der Waals surface area contributed by atoms with Gasteiger partial charge in [-0.3, -0.25) is 4.79 Å². The van der Waals surface area contributed by atoms with Gasteiger partial charge in [0.2, 0.25) is 5.91 Å². The molecule has 4 nitrogen and oxygen atoms in total. The Labute approximate surface area is 127 Å². The van der Waals surface area contributed by atoms with E-state index in [0.717, 1.165) is 15.6 Å². The summed E-state index contributed by atoms with van der Waals surface area (Å²) in [4.78, 5) is 12.2. The second kappa shape index (κ2) is 6.85. The lowest BCUT2D eigenvalue weighted by Gasteiger charge is -2.15. The van der Waals surface area contributed by atoms with Crippen molar-refractivity contribution in [1.29, 1.82) is 0 Å². The van der Waals surface area contributed by atoms with Crippen LogP contribution in [0.5, 0.6) is 0 Å². The van der Waals surface area contributed by atoms with E-state index in [4.69, 9.17) is 0 Å². The molecule has 0 aliphatic carbocycles. The molecule has 1 atom stereocenters. The summed E-state index contributed by atoms with van der Waals surface area (Å²) in [6.45, 7) is 6.11. The van der Waals surface area contributed by atoms with E-state index in [9.17, 15) is 4.79 Å². The molecule has 0 aliphatic heterocycles. The third kappa shape index (κ3) is 3.80. The van der Waals surface area contributed by atoms with Gasteiger partial charge in [-0.1, -0.05) is 55.1 Å². The highest BCUT2D eigenvalue weighted by Gasteiger charge is 2.17. The van der Waals surface area contributed by atoms with E-state index in [1.165, 1.54) is 23.1 Å². The number of benzene rings is 1. The first-order valence-corrected chi connectivity index (χ1v) is 8.16. The summed E-state index contributed by atoms with van der Waals surface area (Å²) in [5.74, 6) is 0.357. The number of carbonyl (C=O) groups is 1. The Balaban J connectivity index is 2.04. The molecule has 20 heavy (non-hydrogen) atoms. The Morgan fingerprint density at radius 2 is 2.05 bits per heavy atom. The van der Waals surface area contributed by atoms with Crippen molar-refractivity contribution >= 4 is 34.7 Å². The second-order valence-corrected chi connectivity index (χ2v) is 7.12. The van der Waals surface area contributed by atoms with E-state index in [-0.39, 0.29) is 11.2 Å². The molecule has 1 N–H and O–H groups in total. The van der Waals surface area contributed by atoms with E-state index in [2.05, 4.69) is 29.4 Å². The highest BCUT2D eigenvalue weighted by molar-refractivity contribution is 8.02. The second-order valence-electron chi connectivity index (χ2n) is 4.70. The molecule has 6 heteroatoms. The predicted molar refractivity (Wildman–Crippen MR) is 84.4 cm³/mol. The van der Waals surface area contributed by atoms with Gasteiger partial charge in [-0.15, -0.1) is 10.2 Å². The van der Waals surface area contributed by atoms with Gasteiger partial charge in [-0.2, -0.15) is 0 Å². The minimum Gasteiger partial charge on any atom is -0.325 e. The molecule has 2 aromatic rings. The molecule has 0 fully saturated rings. The standard InChI is InChI=1S/C14H17N3OS2/c1-9(2)11-6-4-5-7-12(11)16-13(18)10(3)20-14-17-15-8-19-14/h4-10H,1-3H3,(H,16,18)/t10-/m0/s1. The average Bonchev–Trinajstić information content (AvgIpc) is 2.91. The maximum absolute atomic E-state index is 12.2. The van der Waals surface area contributed by atoms with Gasteiger partial charge in [-0.05, 0) is 24.5 Å². The highest BCUT2D eigenvalue weighted by atomic mass is 32.2. The molecular weight excluding hydrogens is 290 g/mol. The van der Waals surface area contributed by atoms with Crippen molar-refractivity contribution in [3.8, 4) is 0 Å². The lowest BCUT2D eigenvalue weighted by Crippen LogP contribution is -2.23. The molecule has 1 amide bonds. The first-order valence-electron chi connectivity index (χ1n) is 6.40. The zero-order chi connectivity index (χ0) is 14.5. The van der Waals surface area contributed by atoms with Gasteiger partial charge in [0.05, 0.1) is 5.25 Å². The first-order chi connectivity index (χ1) is 9.58. The normalized spacial score (nSPS) is 12.4. The minimum absolute atomic E-state index is 0.0155. The highest BCUT2D eigenvalue weighted by Crippen LogP contribution is 2.27. The lowest BCUT2D eigenvalue weighted by atomic mass is 10.0. The number of anilines is 1. The fraction of sp³-hybridized carbons (Fsp3) is 0.357. The summed E-state index contributed by atoms with van der Waals surface area (Å²) >= 11 is 2.87. The largest absolute Gasteiger partial charge is 0.325 e. The zero-order valence-corrected chi connectivity index (χ0v) is 13.3. The molecule has 0 saturated heterocycles. The van der Waals surface area contributed by atoms with Gasteiger partial charge in [0.1, 0.15) is 5.51 Å². The van der Waals surface area contributed by atoms with Crippen LogP contribution in [-0.2, 0) is 4.79 Å². The van der Waals surface area contributed by atoms with Crippen LogP contribution in [0.1, 0.15) is 32.3 Å². The summed E-state index contributed by atoms with van der Waals surface area (Å²) in [5.41, 5.74) is 3.70. The van der Waals surface area contributed by atoms with E-state index in [1.54, 1.807) is 5.51 Å². The molecule has 0 unspecified atom stereocenters. The quantitative estimate of drug-likeness (QED) is 0.854. The van der Waals surface area contributed by atoms with E-state index in [0.29, 0.717) is 5.92 Å². The van der Waals surface area contributed by atoms with Gasteiger partial charge < -0.3 is 5.32 Å². The van der Waals surface area contributed by atoms with E-state index < -0.39 is 0 Å². The molecule has 2 rings (SSSR count). The van der Waals surface area contributed by atoms with Crippen LogP contribution in [0.3, 0.4) is 0 Å². The van der Waals surface area contributed by atoms with E-state index >= 15 is 0 Å². The van der Waals surface area contributed by atoms with Crippen molar-refractivity contribution in [3.05, 3.63) is 35.3 Å². The number of rotatable bonds is 5. The van der Waals surface area contributed by atoms with Gasteiger partial charge in [0, 0.05) is 5.69 Å². The average molecular weight is 307 g/mol. The SMILES string of the molecule is CC(C)c1ccccc1NC(=O)[C@H](C)Sc1nncs1. The number of hydrogen-bond acceptors (Lipinski definition) is 5. The first kappa shape index (κ1) is 15.0. The van der Waals surface area contributed by atoms with Crippen molar-refractivity contribution in [2.75, 3.05) is 5.32 Å². The van der Waals surface area contributed by atoms with Crippen LogP contribution in [0.4, 0.5) is 5.69 Å². The smallest absolute Gasteiger partial charge is 0.237 e. The number of para-hydroxylation sites is 1. The van der Waals surface area contributed by atoms with Gasteiger partial charge in [0.15, 0.2) is 4.34 Å². The molecule has 1 aromatic carbocycles. The van der Waals surface area contributed by atoms with Crippen LogP contribution in [0, 0.1) is 0 Å². The van der Waals surface area contributed by atoms with Crippen LogP contribution in [0.25, 0.3) is 0 Å². The molecule has 1 heterocycles. The summed E-state index contributed by atoms with van der Waals surface area (Å²) in [7, 11) is 0. The van der Waals surface area contributed by atoms with Crippen molar-refractivity contribution in [2.45, 2.75) is 36.3 Å². The number of amides is 1. The summed E-state index contributed by atoms with van der Waals surface area (Å²) in [6.07, 6.45) is 0. The molecule has 0 saturated carbocycles. The minimum atomic E-state index is -0.205. The number of aromatic nitrogens is 2. The molecule has 106 valence electrons. The number of carbonyl (C=O) groups excluding carboxylic acids is 1. The maximum atomic E-state index is 12.2. The Hall–Kier alpha value is -1.40.